The first kappa shape index (κ1) is 10.7. The van der Waals surface area contributed by atoms with E-state index < -0.39 is 0 Å². The second-order valence-electron chi connectivity index (χ2n) is 3.29. The van der Waals surface area contributed by atoms with Crippen LogP contribution in [0.1, 0.15) is 40.0 Å². The van der Waals surface area contributed by atoms with E-state index in [1.54, 1.807) is 0 Å². The summed E-state index contributed by atoms with van der Waals surface area (Å²) in [6.07, 6.45) is 7.79. The zero-order chi connectivity index (χ0) is 8.69. The molecule has 0 saturated heterocycles. The molecule has 2 unspecified atom stereocenters. The summed E-state index contributed by atoms with van der Waals surface area (Å²) >= 11 is 0. The van der Waals surface area contributed by atoms with Gasteiger partial charge in [0.1, 0.15) is 0 Å². The molecule has 1 nitrogen and oxygen atoms in total. The average Bonchev–Trinajstić information content (AvgIpc) is 1.87. The van der Waals surface area contributed by atoms with E-state index in [-0.39, 0.29) is 0 Å². The molecule has 11 heavy (non-hydrogen) atoms. The molecular formula is C10H21N. The van der Waals surface area contributed by atoms with E-state index in [0.717, 1.165) is 12.8 Å². The Morgan fingerprint density at radius 1 is 1.45 bits per heavy atom. The molecule has 0 spiro atoms. The minimum atomic E-state index is 0.395. The molecule has 1 heteroatoms. The Morgan fingerprint density at radius 2 is 2.09 bits per heavy atom. The Labute approximate surface area is 70.7 Å². The highest BCUT2D eigenvalue weighted by atomic mass is 14.6. The smallest absolute Gasteiger partial charge is 0.00442 e. The number of nitrogens with two attached hydrogens (primary N) is 1. The second kappa shape index (κ2) is 6.41. The summed E-state index contributed by atoms with van der Waals surface area (Å²) in [6.45, 7) is 6.46. The molecule has 0 aromatic carbocycles. The van der Waals surface area contributed by atoms with Crippen LogP contribution in [0.25, 0.3) is 0 Å². The Hall–Kier alpha value is -0.300. The highest BCUT2D eigenvalue weighted by molar-refractivity contribution is 4.84. The summed E-state index contributed by atoms with van der Waals surface area (Å²) in [5.74, 6) is 0.640. The first-order valence-corrected chi connectivity index (χ1v) is 4.59. The van der Waals surface area contributed by atoms with E-state index in [1.165, 1.54) is 6.42 Å². The number of allylic oxidation sites excluding steroid dienone is 2. The number of rotatable bonds is 5. The Kier molecular flexibility index (Phi) is 6.24. The molecule has 0 aromatic rings. The summed E-state index contributed by atoms with van der Waals surface area (Å²) in [7, 11) is 0. The normalized spacial score (nSPS) is 17.1. The molecule has 2 N–H and O–H groups in total. The lowest BCUT2D eigenvalue weighted by Crippen LogP contribution is -2.21. The quantitative estimate of drug-likeness (QED) is 0.607. The summed E-state index contributed by atoms with van der Waals surface area (Å²) in [6, 6.07) is 0.395. The van der Waals surface area contributed by atoms with Crippen LogP contribution in [-0.2, 0) is 0 Å². The third kappa shape index (κ3) is 6.11. The summed E-state index contributed by atoms with van der Waals surface area (Å²) < 4.78 is 0. The van der Waals surface area contributed by atoms with Crippen LogP contribution in [0.3, 0.4) is 0 Å². The minimum absolute atomic E-state index is 0.395. The molecule has 0 amide bonds. The molecule has 0 heterocycles. The molecule has 0 radical (unpaired) electrons. The van der Waals surface area contributed by atoms with E-state index in [0.29, 0.717) is 12.0 Å². The molecule has 0 fully saturated rings. The molecule has 0 aliphatic heterocycles. The highest BCUT2D eigenvalue weighted by Crippen LogP contribution is 2.09. The van der Waals surface area contributed by atoms with E-state index in [1.807, 2.05) is 0 Å². The molecule has 0 rings (SSSR count). The predicted molar refractivity (Wildman–Crippen MR) is 51.5 cm³/mol. The van der Waals surface area contributed by atoms with Gasteiger partial charge in [-0.25, -0.2) is 0 Å². The van der Waals surface area contributed by atoms with Gasteiger partial charge in [-0.15, -0.1) is 0 Å². The minimum Gasteiger partial charge on any atom is -0.328 e. The van der Waals surface area contributed by atoms with Crippen molar-refractivity contribution < 1.29 is 0 Å². The van der Waals surface area contributed by atoms with Crippen LogP contribution in [0, 0.1) is 5.92 Å². The predicted octanol–water partition coefficient (Wildman–Crippen LogP) is 2.72. The molecule has 0 aromatic heterocycles. The zero-order valence-corrected chi connectivity index (χ0v) is 8.01. The van der Waals surface area contributed by atoms with E-state index in [2.05, 4.69) is 32.9 Å². The van der Waals surface area contributed by atoms with E-state index in [9.17, 15) is 0 Å². The fourth-order valence-corrected chi connectivity index (χ4v) is 1.37. The lowest BCUT2D eigenvalue weighted by atomic mass is 9.99. The SMILES string of the molecule is C/C=C\C(C)CC(N)CCC. The van der Waals surface area contributed by atoms with Crippen LogP contribution < -0.4 is 5.73 Å². The van der Waals surface area contributed by atoms with Crippen molar-refractivity contribution >= 4 is 0 Å². The lowest BCUT2D eigenvalue weighted by Gasteiger charge is -2.12. The van der Waals surface area contributed by atoms with Crippen LogP contribution in [0.15, 0.2) is 12.2 Å². The monoisotopic (exact) mass is 155 g/mol. The van der Waals surface area contributed by atoms with Gasteiger partial charge in [-0.2, -0.15) is 0 Å². The number of hydrogen-bond donors (Lipinski definition) is 1. The fourth-order valence-electron chi connectivity index (χ4n) is 1.37. The van der Waals surface area contributed by atoms with Gasteiger partial charge in [-0.3, -0.25) is 0 Å². The van der Waals surface area contributed by atoms with Crippen molar-refractivity contribution in [1.82, 2.24) is 0 Å². The largest absolute Gasteiger partial charge is 0.328 e. The lowest BCUT2D eigenvalue weighted by molar-refractivity contribution is 0.498. The fraction of sp³-hybridized carbons (Fsp3) is 0.800. The first-order valence-electron chi connectivity index (χ1n) is 4.59. The van der Waals surface area contributed by atoms with Gasteiger partial charge in [-0.05, 0) is 25.7 Å². The topological polar surface area (TPSA) is 26.0 Å². The molecule has 0 aliphatic rings. The van der Waals surface area contributed by atoms with Crippen LogP contribution in [0.5, 0.6) is 0 Å². The van der Waals surface area contributed by atoms with E-state index >= 15 is 0 Å². The third-order valence-electron chi connectivity index (χ3n) is 1.85. The standard InChI is InChI=1S/C10H21N/c1-4-6-9(3)8-10(11)7-5-2/h4,6,9-10H,5,7-8,11H2,1-3H3/b6-4-. The van der Waals surface area contributed by atoms with Crippen molar-refractivity contribution in [3.8, 4) is 0 Å². The maximum atomic E-state index is 5.88. The maximum absolute atomic E-state index is 5.88. The first-order chi connectivity index (χ1) is 5.20. The third-order valence-corrected chi connectivity index (χ3v) is 1.85. The average molecular weight is 155 g/mol. The van der Waals surface area contributed by atoms with E-state index in [4.69, 9.17) is 5.73 Å². The Bertz CT molecular complexity index is 107. The molecule has 0 bridgehead atoms. The van der Waals surface area contributed by atoms with Crippen molar-refractivity contribution in [2.45, 2.75) is 46.1 Å². The Balaban J connectivity index is 3.48. The van der Waals surface area contributed by atoms with Crippen LogP contribution in [-0.4, -0.2) is 6.04 Å². The summed E-state index contributed by atoms with van der Waals surface area (Å²) in [5.41, 5.74) is 5.88. The van der Waals surface area contributed by atoms with Crippen molar-refractivity contribution in [3.05, 3.63) is 12.2 Å². The van der Waals surface area contributed by atoms with Gasteiger partial charge < -0.3 is 5.73 Å². The van der Waals surface area contributed by atoms with Crippen LogP contribution in [0.4, 0.5) is 0 Å². The second-order valence-corrected chi connectivity index (χ2v) is 3.29. The molecule has 66 valence electrons. The van der Waals surface area contributed by atoms with Crippen molar-refractivity contribution in [3.63, 3.8) is 0 Å². The Morgan fingerprint density at radius 3 is 2.55 bits per heavy atom. The van der Waals surface area contributed by atoms with Gasteiger partial charge in [0.25, 0.3) is 0 Å². The molecule has 2 atom stereocenters. The van der Waals surface area contributed by atoms with Gasteiger partial charge in [0.15, 0.2) is 0 Å². The van der Waals surface area contributed by atoms with Crippen molar-refractivity contribution in [2.24, 2.45) is 11.7 Å². The molecule has 0 aliphatic carbocycles. The highest BCUT2D eigenvalue weighted by Gasteiger charge is 2.04. The zero-order valence-electron chi connectivity index (χ0n) is 8.01. The van der Waals surface area contributed by atoms with Crippen molar-refractivity contribution in [2.75, 3.05) is 0 Å². The summed E-state index contributed by atoms with van der Waals surface area (Å²) in [4.78, 5) is 0. The van der Waals surface area contributed by atoms with Gasteiger partial charge in [-0.1, -0.05) is 32.4 Å². The van der Waals surface area contributed by atoms with Crippen molar-refractivity contribution in [1.29, 1.82) is 0 Å². The van der Waals surface area contributed by atoms with Crippen LogP contribution in [0.2, 0.25) is 0 Å². The van der Waals surface area contributed by atoms with Gasteiger partial charge >= 0.3 is 0 Å². The van der Waals surface area contributed by atoms with Gasteiger partial charge in [0.05, 0.1) is 0 Å². The molecular weight excluding hydrogens is 134 g/mol. The molecule has 0 saturated carbocycles. The summed E-state index contributed by atoms with van der Waals surface area (Å²) in [5, 5.41) is 0. The van der Waals surface area contributed by atoms with Crippen LogP contribution >= 0.6 is 0 Å². The van der Waals surface area contributed by atoms with Gasteiger partial charge in [0, 0.05) is 6.04 Å². The maximum Gasteiger partial charge on any atom is 0.00442 e. The van der Waals surface area contributed by atoms with Gasteiger partial charge in [0.2, 0.25) is 0 Å². The number of hydrogen-bond acceptors (Lipinski definition) is 1.